The molecule has 0 radical (unpaired) electrons. The quantitative estimate of drug-likeness (QED) is 0.574. The summed E-state index contributed by atoms with van der Waals surface area (Å²) in [6.45, 7) is 4.00. The van der Waals surface area contributed by atoms with Gasteiger partial charge in [0.1, 0.15) is 12.4 Å². The number of fused-ring (bicyclic) bond motifs is 1. The Balaban J connectivity index is 1.76. The van der Waals surface area contributed by atoms with E-state index in [1.54, 1.807) is 26.1 Å². The van der Waals surface area contributed by atoms with Crippen molar-refractivity contribution in [3.8, 4) is 11.1 Å². The third-order valence-corrected chi connectivity index (χ3v) is 3.98. The molecule has 3 aromatic heterocycles. The third-order valence-electron chi connectivity index (χ3n) is 3.98. The molecule has 0 saturated heterocycles. The van der Waals surface area contributed by atoms with Gasteiger partial charge in [0.05, 0.1) is 11.0 Å². The fourth-order valence-corrected chi connectivity index (χ4v) is 2.73. The number of hydrogen-bond donors (Lipinski definition) is 0. The standard InChI is InChI=1S/C18H15FN4O/c1-11-7-13(3-4-15(11)19)14-8-17-16(20-9-14)5-6-23(17)10-18-22-21-12(2)24-18/h3-9H,10H2,1-2H3. The number of rotatable bonds is 3. The molecule has 1 aromatic carbocycles. The Hall–Kier alpha value is -3.02. The number of pyridine rings is 1. The zero-order valence-corrected chi connectivity index (χ0v) is 13.3. The van der Waals surface area contributed by atoms with Crippen LogP contribution < -0.4 is 0 Å². The summed E-state index contributed by atoms with van der Waals surface area (Å²) in [4.78, 5) is 4.50. The molecular formula is C18H15FN4O. The molecule has 5 nitrogen and oxygen atoms in total. The lowest BCUT2D eigenvalue weighted by atomic mass is 10.0. The SMILES string of the molecule is Cc1nnc(Cn2ccc3ncc(-c4ccc(F)c(C)c4)cc32)o1. The first kappa shape index (κ1) is 14.6. The molecule has 0 saturated carbocycles. The summed E-state index contributed by atoms with van der Waals surface area (Å²) in [5.41, 5.74) is 4.33. The second kappa shape index (κ2) is 5.56. The van der Waals surface area contributed by atoms with Gasteiger partial charge in [-0.25, -0.2) is 4.39 Å². The minimum absolute atomic E-state index is 0.206. The molecule has 0 bridgehead atoms. The molecule has 4 aromatic rings. The fraction of sp³-hybridized carbons (Fsp3) is 0.167. The summed E-state index contributed by atoms with van der Waals surface area (Å²) in [5, 5.41) is 7.88. The lowest BCUT2D eigenvalue weighted by Crippen LogP contribution is -1.98. The van der Waals surface area contributed by atoms with Crippen LogP contribution >= 0.6 is 0 Å². The van der Waals surface area contributed by atoms with E-state index < -0.39 is 0 Å². The smallest absolute Gasteiger partial charge is 0.236 e. The highest BCUT2D eigenvalue weighted by molar-refractivity contribution is 5.81. The van der Waals surface area contributed by atoms with Crippen molar-refractivity contribution < 1.29 is 8.81 Å². The first-order valence-electron chi connectivity index (χ1n) is 7.60. The first-order valence-corrected chi connectivity index (χ1v) is 7.60. The molecule has 0 fully saturated rings. The number of nitrogens with zero attached hydrogens (tertiary/aromatic N) is 4. The van der Waals surface area contributed by atoms with E-state index in [2.05, 4.69) is 15.2 Å². The number of halogens is 1. The second-order valence-corrected chi connectivity index (χ2v) is 5.75. The predicted octanol–water partition coefficient (Wildman–Crippen LogP) is 3.89. The molecule has 0 atom stereocenters. The van der Waals surface area contributed by atoms with Gasteiger partial charge in [-0.15, -0.1) is 10.2 Å². The monoisotopic (exact) mass is 322 g/mol. The average Bonchev–Trinajstić information content (AvgIpc) is 3.16. The number of aryl methyl sites for hydroxylation is 2. The van der Waals surface area contributed by atoms with Gasteiger partial charge in [0.25, 0.3) is 0 Å². The molecular weight excluding hydrogens is 307 g/mol. The highest BCUT2D eigenvalue weighted by Gasteiger charge is 2.09. The second-order valence-electron chi connectivity index (χ2n) is 5.75. The molecule has 4 rings (SSSR count). The van der Waals surface area contributed by atoms with Crippen molar-refractivity contribution in [2.75, 3.05) is 0 Å². The van der Waals surface area contributed by atoms with Gasteiger partial charge in [-0.1, -0.05) is 6.07 Å². The summed E-state index contributed by atoms with van der Waals surface area (Å²) >= 11 is 0. The van der Waals surface area contributed by atoms with Crippen LogP contribution in [0.2, 0.25) is 0 Å². The van der Waals surface area contributed by atoms with Crippen molar-refractivity contribution in [2.24, 2.45) is 0 Å². The van der Waals surface area contributed by atoms with Crippen molar-refractivity contribution >= 4 is 11.0 Å². The Labute approximate surface area is 137 Å². The van der Waals surface area contributed by atoms with Crippen molar-refractivity contribution in [3.05, 3.63) is 65.9 Å². The van der Waals surface area contributed by atoms with Gasteiger partial charge in [-0.2, -0.15) is 0 Å². The molecule has 6 heteroatoms. The predicted molar refractivity (Wildman–Crippen MR) is 88.0 cm³/mol. The zero-order chi connectivity index (χ0) is 16.7. The summed E-state index contributed by atoms with van der Waals surface area (Å²) < 4.78 is 20.9. The van der Waals surface area contributed by atoms with Crippen LogP contribution in [0, 0.1) is 19.7 Å². The van der Waals surface area contributed by atoms with Gasteiger partial charge >= 0.3 is 0 Å². The van der Waals surface area contributed by atoms with Gasteiger partial charge in [0.2, 0.25) is 11.8 Å². The van der Waals surface area contributed by atoms with Crippen LogP contribution in [-0.4, -0.2) is 19.7 Å². The van der Waals surface area contributed by atoms with E-state index in [9.17, 15) is 4.39 Å². The van der Waals surface area contributed by atoms with Crippen LogP contribution in [0.5, 0.6) is 0 Å². The average molecular weight is 322 g/mol. The largest absolute Gasteiger partial charge is 0.424 e. The zero-order valence-electron chi connectivity index (χ0n) is 13.3. The highest BCUT2D eigenvalue weighted by atomic mass is 19.1. The van der Waals surface area contributed by atoms with Crippen molar-refractivity contribution in [1.29, 1.82) is 0 Å². The number of hydrogen-bond acceptors (Lipinski definition) is 4. The van der Waals surface area contributed by atoms with Gasteiger partial charge < -0.3 is 8.98 Å². The lowest BCUT2D eigenvalue weighted by molar-refractivity contribution is 0.457. The number of benzene rings is 1. The van der Waals surface area contributed by atoms with E-state index in [1.165, 1.54) is 6.07 Å². The van der Waals surface area contributed by atoms with Gasteiger partial charge in [0.15, 0.2) is 0 Å². The fourth-order valence-electron chi connectivity index (χ4n) is 2.73. The van der Waals surface area contributed by atoms with Crippen LogP contribution in [0.15, 0.2) is 47.1 Å². The van der Waals surface area contributed by atoms with E-state index in [-0.39, 0.29) is 5.82 Å². The Morgan fingerprint density at radius 2 is 1.96 bits per heavy atom. The maximum atomic E-state index is 13.5. The summed E-state index contributed by atoms with van der Waals surface area (Å²) in [6, 6.07) is 9.05. The van der Waals surface area contributed by atoms with Crippen LogP contribution in [0.3, 0.4) is 0 Å². The van der Waals surface area contributed by atoms with Crippen LogP contribution in [0.1, 0.15) is 17.3 Å². The molecule has 0 aliphatic rings. The third kappa shape index (κ3) is 2.56. The van der Waals surface area contributed by atoms with Crippen LogP contribution in [0.4, 0.5) is 4.39 Å². The van der Waals surface area contributed by atoms with Gasteiger partial charge in [-0.05, 0) is 42.3 Å². The molecule has 0 aliphatic carbocycles. The lowest BCUT2D eigenvalue weighted by Gasteiger charge is -2.06. The van der Waals surface area contributed by atoms with Crippen molar-refractivity contribution in [2.45, 2.75) is 20.4 Å². The topological polar surface area (TPSA) is 56.7 Å². The van der Waals surface area contributed by atoms with Crippen LogP contribution in [-0.2, 0) is 6.54 Å². The minimum Gasteiger partial charge on any atom is -0.424 e. The van der Waals surface area contributed by atoms with Crippen LogP contribution in [0.25, 0.3) is 22.2 Å². The molecule has 0 amide bonds. The molecule has 0 aliphatic heterocycles. The maximum Gasteiger partial charge on any atom is 0.236 e. The molecule has 0 spiro atoms. The molecule has 3 heterocycles. The van der Waals surface area contributed by atoms with E-state index in [1.807, 2.05) is 29.0 Å². The molecule has 24 heavy (non-hydrogen) atoms. The first-order chi connectivity index (χ1) is 11.6. The maximum absolute atomic E-state index is 13.5. The minimum atomic E-state index is -0.206. The van der Waals surface area contributed by atoms with Crippen molar-refractivity contribution in [1.82, 2.24) is 19.7 Å². The number of aromatic nitrogens is 4. The van der Waals surface area contributed by atoms with Gasteiger partial charge in [0, 0.05) is 24.9 Å². The van der Waals surface area contributed by atoms with Gasteiger partial charge in [-0.3, -0.25) is 4.98 Å². The Morgan fingerprint density at radius 1 is 1.08 bits per heavy atom. The highest BCUT2D eigenvalue weighted by Crippen LogP contribution is 2.25. The van der Waals surface area contributed by atoms with Crippen molar-refractivity contribution in [3.63, 3.8) is 0 Å². The normalized spacial score (nSPS) is 11.3. The van der Waals surface area contributed by atoms with E-state index in [4.69, 9.17) is 4.42 Å². The molecule has 0 unspecified atom stereocenters. The molecule has 0 N–H and O–H groups in total. The Bertz CT molecular complexity index is 1030. The van der Waals surface area contributed by atoms with E-state index in [0.717, 1.165) is 22.2 Å². The summed E-state index contributed by atoms with van der Waals surface area (Å²) in [6.07, 6.45) is 3.74. The Kier molecular flexibility index (Phi) is 3.37. The van der Waals surface area contributed by atoms with E-state index in [0.29, 0.717) is 23.9 Å². The molecule has 120 valence electrons. The summed E-state index contributed by atoms with van der Waals surface area (Å²) in [5.74, 6) is 0.887. The Morgan fingerprint density at radius 3 is 2.71 bits per heavy atom. The summed E-state index contributed by atoms with van der Waals surface area (Å²) in [7, 11) is 0. The van der Waals surface area contributed by atoms with E-state index >= 15 is 0 Å².